The van der Waals surface area contributed by atoms with E-state index in [4.69, 9.17) is 4.74 Å². The zero-order chi connectivity index (χ0) is 19.0. The van der Waals surface area contributed by atoms with Crippen LogP contribution >= 0.6 is 0 Å². The minimum Gasteiger partial charge on any atom is -0.377 e. The van der Waals surface area contributed by atoms with Gasteiger partial charge in [-0.2, -0.15) is 0 Å². The highest BCUT2D eigenvalue weighted by molar-refractivity contribution is 7.92. The number of carbonyl (C=O) groups excluding carboxylic acids is 1. The van der Waals surface area contributed by atoms with Crippen molar-refractivity contribution in [3.8, 4) is 0 Å². The molecule has 2 heterocycles. The van der Waals surface area contributed by atoms with Gasteiger partial charge in [0.15, 0.2) is 0 Å². The summed E-state index contributed by atoms with van der Waals surface area (Å²) in [4.78, 5) is 13.8. The van der Waals surface area contributed by atoms with Gasteiger partial charge in [0.2, 0.25) is 5.91 Å². The molecule has 2 N–H and O–H groups in total. The summed E-state index contributed by atoms with van der Waals surface area (Å²) in [5, 5.41) is 2.70. The Labute approximate surface area is 158 Å². The van der Waals surface area contributed by atoms with Crippen LogP contribution in [-0.2, 0) is 26.0 Å². The number of rotatable bonds is 4. The second kappa shape index (κ2) is 6.86. The molecule has 2 aromatic carbocycles. The van der Waals surface area contributed by atoms with Crippen molar-refractivity contribution in [3.63, 3.8) is 0 Å². The summed E-state index contributed by atoms with van der Waals surface area (Å²) in [6.07, 6.45) is 0.200. The molecule has 0 aliphatic carbocycles. The molecule has 0 radical (unpaired) electrons. The summed E-state index contributed by atoms with van der Waals surface area (Å²) in [6, 6.07) is 12.3. The Bertz CT molecular complexity index is 973. The minimum absolute atomic E-state index is 0.125. The first-order valence-electron chi connectivity index (χ1n) is 8.82. The Morgan fingerprint density at radius 2 is 1.96 bits per heavy atom. The number of sulfonamides is 1. The molecule has 0 spiro atoms. The minimum atomic E-state index is -3.72. The molecule has 1 unspecified atom stereocenters. The third kappa shape index (κ3) is 3.63. The van der Waals surface area contributed by atoms with Crippen molar-refractivity contribution < 1.29 is 17.9 Å². The van der Waals surface area contributed by atoms with Gasteiger partial charge in [-0.15, -0.1) is 0 Å². The number of hydrogen-bond acceptors (Lipinski definition) is 5. The quantitative estimate of drug-likeness (QED) is 0.840. The first-order valence-corrected chi connectivity index (χ1v) is 10.3. The lowest BCUT2D eigenvalue weighted by atomic mass is 10.2. The fraction of sp³-hybridized carbons (Fsp3) is 0.316. The molecule has 0 bridgehead atoms. The molecule has 2 aromatic rings. The van der Waals surface area contributed by atoms with E-state index in [-0.39, 0.29) is 23.3 Å². The molecule has 1 fully saturated rings. The summed E-state index contributed by atoms with van der Waals surface area (Å²) in [6.45, 7) is 4.29. The highest BCUT2D eigenvalue weighted by atomic mass is 32.2. The number of nitrogens with one attached hydrogen (secondary N) is 2. The van der Waals surface area contributed by atoms with Gasteiger partial charge in [0, 0.05) is 29.6 Å². The van der Waals surface area contributed by atoms with E-state index in [1.807, 2.05) is 12.1 Å². The highest BCUT2D eigenvalue weighted by Crippen LogP contribution is 2.27. The number of hydrogen-bond donors (Lipinski definition) is 2. The number of anilines is 3. The van der Waals surface area contributed by atoms with E-state index in [2.05, 4.69) is 21.9 Å². The third-order valence-corrected chi connectivity index (χ3v) is 6.21. The lowest BCUT2D eigenvalue weighted by Crippen LogP contribution is -2.43. The fourth-order valence-electron chi connectivity index (χ4n) is 3.42. The molecule has 27 heavy (non-hydrogen) atoms. The third-order valence-electron chi connectivity index (χ3n) is 4.83. The largest absolute Gasteiger partial charge is 0.377 e. The Morgan fingerprint density at radius 1 is 1.19 bits per heavy atom. The molecule has 1 amide bonds. The first-order chi connectivity index (χ1) is 12.9. The summed E-state index contributed by atoms with van der Waals surface area (Å²) < 4.78 is 33.4. The zero-order valence-corrected chi connectivity index (χ0v) is 15.8. The second-order valence-electron chi connectivity index (χ2n) is 6.81. The average molecular weight is 387 g/mol. The molecule has 4 rings (SSSR count). The van der Waals surface area contributed by atoms with Crippen molar-refractivity contribution in [1.29, 1.82) is 0 Å². The van der Waals surface area contributed by atoms with Gasteiger partial charge in [-0.1, -0.05) is 0 Å². The van der Waals surface area contributed by atoms with Gasteiger partial charge >= 0.3 is 0 Å². The second-order valence-corrected chi connectivity index (χ2v) is 8.50. The first kappa shape index (κ1) is 17.8. The molecule has 2 aliphatic rings. The number of amides is 1. The van der Waals surface area contributed by atoms with Gasteiger partial charge < -0.3 is 15.0 Å². The maximum Gasteiger partial charge on any atom is 0.261 e. The average Bonchev–Trinajstić information content (AvgIpc) is 3.02. The summed E-state index contributed by atoms with van der Waals surface area (Å²) >= 11 is 0. The van der Waals surface area contributed by atoms with Crippen molar-refractivity contribution in [2.24, 2.45) is 0 Å². The Balaban J connectivity index is 1.51. The van der Waals surface area contributed by atoms with Gasteiger partial charge in [0.1, 0.15) is 0 Å². The molecule has 0 aromatic heterocycles. The van der Waals surface area contributed by atoms with E-state index < -0.39 is 10.0 Å². The smallest absolute Gasteiger partial charge is 0.261 e. The van der Waals surface area contributed by atoms with Crippen LogP contribution in [-0.4, -0.2) is 40.1 Å². The lowest BCUT2D eigenvalue weighted by molar-refractivity contribution is -0.115. The van der Waals surface area contributed by atoms with Gasteiger partial charge in [-0.25, -0.2) is 8.42 Å². The molecular formula is C19H21N3O4S. The predicted octanol–water partition coefficient (Wildman–Crippen LogP) is 2.21. The van der Waals surface area contributed by atoms with Crippen molar-refractivity contribution >= 4 is 33.0 Å². The number of carbonyl (C=O) groups is 1. The maximum absolute atomic E-state index is 12.7. The van der Waals surface area contributed by atoms with Crippen LogP contribution in [0.3, 0.4) is 0 Å². The number of morpholine rings is 1. The fourth-order valence-corrected chi connectivity index (χ4v) is 4.53. The van der Waals surface area contributed by atoms with E-state index in [9.17, 15) is 13.2 Å². The van der Waals surface area contributed by atoms with Crippen molar-refractivity contribution in [1.82, 2.24) is 0 Å². The van der Waals surface area contributed by atoms with Crippen molar-refractivity contribution in [2.75, 3.05) is 34.7 Å². The summed E-state index contributed by atoms with van der Waals surface area (Å²) in [5.41, 5.74) is 2.90. The molecule has 8 heteroatoms. The van der Waals surface area contributed by atoms with E-state index in [1.165, 1.54) is 6.07 Å². The predicted molar refractivity (Wildman–Crippen MR) is 104 cm³/mol. The van der Waals surface area contributed by atoms with Crippen LogP contribution in [0, 0.1) is 0 Å². The number of fused-ring (bicyclic) bond motifs is 1. The van der Waals surface area contributed by atoms with Crippen molar-refractivity contribution in [2.45, 2.75) is 24.3 Å². The summed E-state index contributed by atoms with van der Waals surface area (Å²) in [7, 11) is -3.72. The van der Waals surface area contributed by atoms with E-state index in [1.54, 1.807) is 24.3 Å². The molecular weight excluding hydrogens is 366 g/mol. The van der Waals surface area contributed by atoms with E-state index in [0.717, 1.165) is 12.2 Å². The van der Waals surface area contributed by atoms with Crippen LogP contribution in [0.1, 0.15) is 12.5 Å². The maximum atomic E-state index is 12.7. The zero-order valence-electron chi connectivity index (χ0n) is 14.9. The normalized spacial score (nSPS) is 19.5. The molecule has 142 valence electrons. The molecule has 7 nitrogen and oxygen atoms in total. The van der Waals surface area contributed by atoms with Gasteiger partial charge in [-0.3, -0.25) is 9.52 Å². The van der Waals surface area contributed by atoms with Crippen LogP contribution in [0.15, 0.2) is 47.4 Å². The Hall–Kier alpha value is -2.58. The van der Waals surface area contributed by atoms with E-state index >= 15 is 0 Å². The SMILES string of the molecule is CC1COCCN1c1ccc(NS(=O)(=O)c2ccc3c(c2)CC(=O)N3)cc1. The van der Waals surface area contributed by atoms with Crippen LogP contribution in [0.5, 0.6) is 0 Å². The Morgan fingerprint density at radius 3 is 2.70 bits per heavy atom. The van der Waals surface area contributed by atoms with E-state index in [0.29, 0.717) is 30.2 Å². The van der Waals surface area contributed by atoms with Crippen LogP contribution in [0.2, 0.25) is 0 Å². The van der Waals surface area contributed by atoms with Gasteiger partial charge in [0.25, 0.3) is 10.0 Å². The number of benzene rings is 2. The summed E-state index contributed by atoms with van der Waals surface area (Å²) in [5.74, 6) is -0.125. The van der Waals surface area contributed by atoms with Gasteiger partial charge in [-0.05, 0) is 55.0 Å². The highest BCUT2D eigenvalue weighted by Gasteiger charge is 2.22. The standard InChI is InChI=1S/C19H21N3O4S/c1-13-12-26-9-8-22(13)16-4-2-15(3-5-16)21-27(24,25)17-6-7-18-14(10-17)11-19(23)20-18/h2-7,10,13,21H,8-9,11-12H2,1H3,(H,20,23). The molecule has 2 aliphatic heterocycles. The monoisotopic (exact) mass is 387 g/mol. The number of ether oxygens (including phenoxy) is 1. The molecule has 1 saturated heterocycles. The lowest BCUT2D eigenvalue weighted by Gasteiger charge is -2.35. The Kier molecular flexibility index (Phi) is 4.53. The number of nitrogens with zero attached hydrogens (tertiary/aromatic N) is 1. The van der Waals surface area contributed by atoms with Crippen LogP contribution in [0.25, 0.3) is 0 Å². The molecule has 0 saturated carbocycles. The van der Waals surface area contributed by atoms with Crippen molar-refractivity contribution in [3.05, 3.63) is 48.0 Å². The van der Waals surface area contributed by atoms with Crippen LogP contribution in [0.4, 0.5) is 17.1 Å². The molecule has 1 atom stereocenters. The topological polar surface area (TPSA) is 87.7 Å². The van der Waals surface area contributed by atoms with Gasteiger partial charge in [0.05, 0.1) is 24.5 Å². The van der Waals surface area contributed by atoms with Crippen LogP contribution < -0.4 is 14.9 Å².